The Morgan fingerprint density at radius 1 is 1.32 bits per heavy atom. The highest BCUT2D eigenvalue weighted by Crippen LogP contribution is 2.25. The molecule has 1 aromatic carbocycles. The van der Waals surface area contributed by atoms with Crippen LogP contribution in [0.4, 0.5) is 0 Å². The minimum absolute atomic E-state index is 0.384. The number of quaternary nitrogens is 1. The van der Waals surface area contributed by atoms with E-state index < -0.39 is 0 Å². The zero-order chi connectivity index (χ0) is 13.8. The van der Waals surface area contributed by atoms with Crippen LogP contribution in [0.25, 0.3) is 11.5 Å². The minimum Gasteiger partial charge on any atom is -0.409 e. The van der Waals surface area contributed by atoms with Gasteiger partial charge in [-0.1, -0.05) is 23.7 Å². The smallest absolute Gasteiger partial charge is 0.292 e. The van der Waals surface area contributed by atoms with E-state index in [0.717, 1.165) is 18.7 Å². The van der Waals surface area contributed by atoms with Gasteiger partial charge in [-0.25, -0.2) is 0 Å². The van der Waals surface area contributed by atoms with E-state index in [1.165, 1.54) is 4.90 Å². The monoisotopic (exact) mass is 298 g/mol. The van der Waals surface area contributed by atoms with Crippen LogP contribution in [0.2, 0.25) is 5.02 Å². The molecule has 0 saturated heterocycles. The summed E-state index contributed by atoms with van der Waals surface area (Å²) in [6.07, 6.45) is 0. The van der Waals surface area contributed by atoms with Crippen molar-refractivity contribution in [2.75, 3.05) is 13.1 Å². The van der Waals surface area contributed by atoms with Crippen LogP contribution in [0, 0.1) is 4.84 Å². The average Bonchev–Trinajstić information content (AvgIpc) is 2.77. The van der Waals surface area contributed by atoms with Gasteiger partial charge in [0.1, 0.15) is 0 Å². The molecule has 0 unspecified atom stereocenters. The number of hydrogen-bond acceptors (Lipinski definition) is 3. The molecule has 0 radical (unpaired) electrons. The predicted octanol–water partition coefficient (Wildman–Crippen LogP) is 2.41. The van der Waals surface area contributed by atoms with Crippen molar-refractivity contribution < 1.29 is 9.32 Å². The summed E-state index contributed by atoms with van der Waals surface area (Å²) in [5, 5.41) is 5.03. The fraction of sp³-hybridized carbons (Fsp3) is 0.385. The third kappa shape index (κ3) is 3.23. The second-order valence-electron chi connectivity index (χ2n) is 4.27. The lowest BCUT2D eigenvalue weighted by molar-refractivity contribution is -0.920. The van der Waals surface area contributed by atoms with Crippen molar-refractivity contribution in [3.05, 3.63) is 34.1 Å². The zero-order valence-electron chi connectivity index (χ0n) is 11.0. The maximum absolute atomic E-state index is 6.13. The Balaban J connectivity index is 2.31. The lowest BCUT2D eigenvalue weighted by atomic mass is 10.2. The first-order valence-corrected chi connectivity index (χ1v) is 7.10. The molecule has 102 valence electrons. The molecule has 0 bridgehead atoms. The third-order valence-electron chi connectivity index (χ3n) is 3.08. The molecule has 0 saturated carbocycles. The quantitative estimate of drug-likeness (QED) is 0.861. The van der Waals surface area contributed by atoms with Crippen molar-refractivity contribution >= 4 is 23.8 Å². The fourth-order valence-corrected chi connectivity index (χ4v) is 2.24. The lowest BCUT2D eigenvalue weighted by Crippen LogP contribution is -3.10. The number of rotatable bonds is 5. The topological polar surface area (TPSA) is 35.4 Å². The first kappa shape index (κ1) is 14.2. The number of hydrogen-bond donors (Lipinski definition) is 1. The van der Waals surface area contributed by atoms with Crippen molar-refractivity contribution in [1.82, 2.24) is 9.78 Å². The molecule has 1 N–H and O–H groups in total. The molecular formula is C13H17ClN3OS+. The Labute approximate surface area is 122 Å². The molecule has 6 heteroatoms. The van der Waals surface area contributed by atoms with Crippen molar-refractivity contribution in [3.63, 3.8) is 0 Å². The van der Waals surface area contributed by atoms with Gasteiger partial charge >= 0.3 is 0 Å². The van der Waals surface area contributed by atoms with Gasteiger partial charge in [0.25, 0.3) is 4.84 Å². The first-order chi connectivity index (χ1) is 9.15. The number of nitrogens with one attached hydrogen (secondary N) is 1. The van der Waals surface area contributed by atoms with Crippen molar-refractivity contribution in [2.24, 2.45) is 0 Å². The maximum Gasteiger partial charge on any atom is 0.292 e. The normalized spacial score (nSPS) is 11.2. The summed E-state index contributed by atoms with van der Waals surface area (Å²) < 4.78 is 7.26. The summed E-state index contributed by atoms with van der Waals surface area (Å²) in [7, 11) is 0. The highest BCUT2D eigenvalue weighted by Gasteiger charge is 2.13. The van der Waals surface area contributed by atoms with Gasteiger partial charge in [0.05, 0.1) is 23.7 Å². The summed E-state index contributed by atoms with van der Waals surface area (Å²) in [6.45, 7) is 7.02. The van der Waals surface area contributed by atoms with E-state index in [2.05, 4.69) is 18.9 Å². The molecule has 1 aromatic heterocycles. The van der Waals surface area contributed by atoms with Crippen LogP contribution in [0.1, 0.15) is 13.8 Å². The molecule has 0 aliphatic carbocycles. The summed E-state index contributed by atoms with van der Waals surface area (Å²) in [4.78, 5) is 1.77. The van der Waals surface area contributed by atoms with Crippen molar-refractivity contribution in [1.29, 1.82) is 0 Å². The molecule has 0 spiro atoms. The van der Waals surface area contributed by atoms with Crippen LogP contribution in [-0.2, 0) is 6.67 Å². The number of halogens is 1. The Morgan fingerprint density at radius 3 is 2.63 bits per heavy atom. The molecule has 0 fully saturated rings. The second-order valence-corrected chi connectivity index (χ2v) is 5.02. The molecule has 0 aliphatic heterocycles. The summed E-state index contributed by atoms with van der Waals surface area (Å²) in [5.41, 5.74) is 0.767. The van der Waals surface area contributed by atoms with Gasteiger partial charge < -0.3 is 9.32 Å². The average molecular weight is 299 g/mol. The molecule has 0 amide bonds. The van der Waals surface area contributed by atoms with E-state index >= 15 is 0 Å². The third-order valence-corrected chi connectivity index (χ3v) is 3.71. The first-order valence-electron chi connectivity index (χ1n) is 6.32. The van der Waals surface area contributed by atoms with E-state index in [4.69, 9.17) is 28.2 Å². The SMILES string of the molecule is CC[NH+](CC)Cn1nc(-c2ccccc2Cl)oc1=S. The standard InChI is InChI=1S/C13H16ClN3OS/c1-3-16(4-2)9-17-13(19)18-12(15-17)10-7-5-6-8-11(10)14/h5-8H,3-4,9H2,1-2H3/p+1. The van der Waals surface area contributed by atoms with Gasteiger partial charge in [-0.3, -0.25) is 0 Å². The number of benzene rings is 1. The van der Waals surface area contributed by atoms with E-state index in [-0.39, 0.29) is 0 Å². The molecule has 19 heavy (non-hydrogen) atoms. The van der Waals surface area contributed by atoms with E-state index in [9.17, 15) is 0 Å². The molecule has 4 nitrogen and oxygen atoms in total. The molecule has 1 heterocycles. The van der Waals surface area contributed by atoms with E-state index in [0.29, 0.717) is 22.4 Å². The minimum atomic E-state index is 0.384. The van der Waals surface area contributed by atoms with E-state index in [1.54, 1.807) is 4.68 Å². The highest BCUT2D eigenvalue weighted by molar-refractivity contribution is 7.71. The van der Waals surface area contributed by atoms with Crippen LogP contribution >= 0.6 is 23.8 Å². The number of aromatic nitrogens is 2. The molecule has 0 atom stereocenters. The second kappa shape index (κ2) is 6.32. The highest BCUT2D eigenvalue weighted by atomic mass is 35.5. The molecule has 2 aromatic rings. The Kier molecular flexibility index (Phi) is 4.74. The lowest BCUT2D eigenvalue weighted by Gasteiger charge is -2.13. The summed E-state index contributed by atoms with van der Waals surface area (Å²) in [6, 6.07) is 7.45. The Morgan fingerprint density at radius 2 is 2.00 bits per heavy atom. The van der Waals surface area contributed by atoms with Crippen molar-refractivity contribution in [2.45, 2.75) is 20.5 Å². The predicted molar refractivity (Wildman–Crippen MR) is 77.8 cm³/mol. The number of nitrogens with zero attached hydrogens (tertiary/aromatic N) is 2. The molecule has 0 aliphatic rings. The van der Waals surface area contributed by atoms with Crippen LogP contribution in [0.3, 0.4) is 0 Å². The van der Waals surface area contributed by atoms with Crippen molar-refractivity contribution in [3.8, 4) is 11.5 Å². The Bertz CT molecular complexity index is 604. The zero-order valence-corrected chi connectivity index (χ0v) is 12.6. The van der Waals surface area contributed by atoms with Crippen LogP contribution in [0.15, 0.2) is 28.7 Å². The summed E-state index contributed by atoms with van der Waals surface area (Å²) in [5.74, 6) is 0.474. The van der Waals surface area contributed by atoms with Gasteiger partial charge in [0.15, 0.2) is 6.67 Å². The fourth-order valence-electron chi connectivity index (χ4n) is 1.84. The summed E-state index contributed by atoms with van der Waals surface area (Å²) >= 11 is 11.3. The van der Waals surface area contributed by atoms with Crippen LogP contribution in [-0.4, -0.2) is 22.9 Å². The van der Waals surface area contributed by atoms with Crippen LogP contribution < -0.4 is 4.90 Å². The van der Waals surface area contributed by atoms with Gasteiger partial charge in [0, 0.05) is 0 Å². The van der Waals surface area contributed by atoms with Gasteiger partial charge in [0.2, 0.25) is 5.89 Å². The molecule has 2 rings (SSSR count). The van der Waals surface area contributed by atoms with Gasteiger partial charge in [-0.15, -0.1) is 5.10 Å². The van der Waals surface area contributed by atoms with Gasteiger partial charge in [-0.05, 0) is 38.2 Å². The van der Waals surface area contributed by atoms with Gasteiger partial charge in [-0.2, -0.15) is 4.68 Å². The Hall–Kier alpha value is -1.17. The maximum atomic E-state index is 6.13. The largest absolute Gasteiger partial charge is 0.409 e. The molecular weight excluding hydrogens is 282 g/mol. The van der Waals surface area contributed by atoms with E-state index in [1.807, 2.05) is 24.3 Å². The van der Waals surface area contributed by atoms with Crippen LogP contribution in [0.5, 0.6) is 0 Å².